The number of hydrazone groups is 1. The molecule has 1 unspecified atom stereocenters. The Hall–Kier alpha value is -3.00. The van der Waals surface area contributed by atoms with E-state index in [0.717, 1.165) is 0 Å². The summed E-state index contributed by atoms with van der Waals surface area (Å²) in [5.74, 6) is -0.874. The van der Waals surface area contributed by atoms with Crippen molar-refractivity contribution in [1.82, 2.24) is 10.7 Å². The summed E-state index contributed by atoms with van der Waals surface area (Å²) in [6.45, 7) is 2.11. The van der Waals surface area contributed by atoms with Crippen LogP contribution in [0.2, 0.25) is 0 Å². The monoisotopic (exact) mass is 399 g/mol. The van der Waals surface area contributed by atoms with Gasteiger partial charge in [-0.05, 0) is 43.2 Å². The Morgan fingerprint density at radius 1 is 1.11 bits per heavy atom. The smallest absolute Gasteiger partial charge is 0.251 e. The first-order valence-corrected chi connectivity index (χ1v) is 10.5. The van der Waals surface area contributed by atoms with Gasteiger partial charge in [-0.3, -0.25) is 9.59 Å². The molecule has 0 saturated heterocycles. The van der Waals surface area contributed by atoms with Gasteiger partial charge in [0.05, 0.1) is 16.6 Å². The second-order valence-electron chi connectivity index (χ2n) is 6.60. The number of carbonyl (C=O) groups excluding carboxylic acids is 2. The van der Waals surface area contributed by atoms with Gasteiger partial charge < -0.3 is 5.32 Å². The Bertz CT molecular complexity index is 1000. The Balaban J connectivity index is 1.56. The van der Waals surface area contributed by atoms with Crippen LogP contribution >= 0.6 is 0 Å². The molecular weight excluding hydrogens is 378 g/mol. The van der Waals surface area contributed by atoms with Gasteiger partial charge in [-0.15, -0.1) is 0 Å². The van der Waals surface area contributed by atoms with Gasteiger partial charge in [-0.25, -0.2) is 13.8 Å². The van der Waals surface area contributed by atoms with Crippen molar-refractivity contribution in [1.29, 1.82) is 0 Å². The fourth-order valence-corrected chi connectivity index (χ4v) is 4.31. The number of sulfone groups is 1. The lowest BCUT2D eigenvalue weighted by Gasteiger charge is -2.10. The molecule has 1 aliphatic heterocycles. The van der Waals surface area contributed by atoms with Crippen molar-refractivity contribution < 1.29 is 18.0 Å². The Morgan fingerprint density at radius 3 is 2.39 bits per heavy atom. The average molecular weight is 399 g/mol. The Labute approximate surface area is 163 Å². The third-order valence-corrected chi connectivity index (χ3v) is 6.26. The van der Waals surface area contributed by atoms with E-state index in [9.17, 15) is 18.0 Å². The van der Waals surface area contributed by atoms with E-state index in [2.05, 4.69) is 15.8 Å². The molecule has 8 heteroatoms. The van der Waals surface area contributed by atoms with Gasteiger partial charge >= 0.3 is 0 Å². The summed E-state index contributed by atoms with van der Waals surface area (Å²) in [4.78, 5) is 24.1. The highest BCUT2D eigenvalue weighted by atomic mass is 32.2. The maximum Gasteiger partial charge on any atom is 0.251 e. The lowest BCUT2D eigenvalue weighted by molar-refractivity contribution is -0.122. The third-order valence-electron chi connectivity index (χ3n) is 4.56. The number of hydrogen-bond donors (Lipinski definition) is 2. The van der Waals surface area contributed by atoms with E-state index in [0.29, 0.717) is 29.8 Å². The van der Waals surface area contributed by atoms with Gasteiger partial charge in [-0.1, -0.05) is 30.3 Å². The van der Waals surface area contributed by atoms with Gasteiger partial charge in [-0.2, -0.15) is 5.10 Å². The normalized spacial score (nSPS) is 16.4. The summed E-state index contributed by atoms with van der Waals surface area (Å²) in [6.07, 6.45) is 0.473. The lowest BCUT2D eigenvalue weighted by Crippen LogP contribution is -2.30. The standard InChI is InChI=1S/C20H21N3O4S/c1-14-18(20(25)23-22-14)11-12-21-19(24)16-9-7-15(8-10-16)13-28(26,27)17-5-3-2-4-6-17/h2-10,18H,11-13H2,1H3,(H,21,24)(H,23,25). The SMILES string of the molecule is CC1=NNC(=O)C1CCNC(=O)c1ccc(CS(=O)(=O)c2ccccc2)cc1. The van der Waals surface area contributed by atoms with Crippen molar-refractivity contribution in [2.45, 2.75) is 24.0 Å². The number of carbonyl (C=O) groups is 2. The van der Waals surface area contributed by atoms with Crippen LogP contribution in [0.4, 0.5) is 0 Å². The van der Waals surface area contributed by atoms with E-state index < -0.39 is 9.84 Å². The summed E-state index contributed by atoms with van der Waals surface area (Å²) in [5, 5.41) is 6.64. The maximum absolute atomic E-state index is 12.4. The molecule has 2 N–H and O–H groups in total. The van der Waals surface area contributed by atoms with Crippen LogP contribution in [0.1, 0.15) is 29.3 Å². The molecule has 28 heavy (non-hydrogen) atoms. The van der Waals surface area contributed by atoms with Gasteiger partial charge in [0.15, 0.2) is 9.84 Å². The van der Waals surface area contributed by atoms with Crippen LogP contribution in [-0.2, 0) is 20.4 Å². The van der Waals surface area contributed by atoms with Gasteiger partial charge in [0.1, 0.15) is 0 Å². The highest BCUT2D eigenvalue weighted by Gasteiger charge is 2.26. The Kier molecular flexibility index (Phi) is 5.89. The average Bonchev–Trinajstić information content (AvgIpc) is 3.01. The van der Waals surface area contributed by atoms with Crippen LogP contribution in [0.5, 0.6) is 0 Å². The van der Waals surface area contributed by atoms with Crippen molar-refractivity contribution in [2.75, 3.05) is 6.54 Å². The minimum Gasteiger partial charge on any atom is -0.352 e. The molecule has 0 spiro atoms. The first-order valence-electron chi connectivity index (χ1n) is 8.86. The van der Waals surface area contributed by atoms with Crippen molar-refractivity contribution in [3.63, 3.8) is 0 Å². The van der Waals surface area contributed by atoms with Crippen molar-refractivity contribution in [3.8, 4) is 0 Å². The minimum atomic E-state index is -3.43. The van der Waals surface area contributed by atoms with Crippen molar-refractivity contribution >= 4 is 27.4 Å². The van der Waals surface area contributed by atoms with Crippen LogP contribution in [0, 0.1) is 5.92 Å². The van der Waals surface area contributed by atoms with E-state index in [1.54, 1.807) is 61.5 Å². The van der Waals surface area contributed by atoms with Crippen molar-refractivity contribution in [3.05, 3.63) is 65.7 Å². The number of hydrogen-bond acceptors (Lipinski definition) is 5. The Morgan fingerprint density at radius 2 is 1.79 bits per heavy atom. The number of nitrogens with one attached hydrogen (secondary N) is 2. The zero-order valence-electron chi connectivity index (χ0n) is 15.4. The summed E-state index contributed by atoms with van der Waals surface area (Å²) < 4.78 is 24.8. The molecule has 2 aromatic carbocycles. The molecule has 0 saturated carbocycles. The lowest BCUT2D eigenvalue weighted by atomic mass is 10.0. The van der Waals surface area contributed by atoms with E-state index in [1.165, 1.54) is 0 Å². The van der Waals surface area contributed by atoms with E-state index in [-0.39, 0.29) is 28.4 Å². The number of amides is 2. The van der Waals surface area contributed by atoms with Crippen LogP contribution < -0.4 is 10.7 Å². The minimum absolute atomic E-state index is 0.131. The second kappa shape index (κ2) is 8.35. The summed E-state index contributed by atoms with van der Waals surface area (Å²) in [5.41, 5.74) is 4.16. The predicted molar refractivity (Wildman–Crippen MR) is 105 cm³/mol. The molecule has 146 valence electrons. The van der Waals surface area contributed by atoms with Crippen LogP contribution in [-0.4, -0.2) is 32.5 Å². The number of nitrogens with zero attached hydrogens (tertiary/aromatic N) is 1. The first kappa shape index (κ1) is 19.8. The molecule has 2 amide bonds. The zero-order chi connectivity index (χ0) is 20.1. The molecular formula is C20H21N3O4S. The molecule has 1 heterocycles. The molecule has 1 atom stereocenters. The fourth-order valence-electron chi connectivity index (χ4n) is 2.94. The molecule has 0 bridgehead atoms. The molecule has 2 aromatic rings. The molecule has 0 fully saturated rings. The quantitative estimate of drug-likeness (QED) is 0.742. The maximum atomic E-state index is 12.4. The topological polar surface area (TPSA) is 105 Å². The molecule has 3 rings (SSSR count). The van der Waals surface area contributed by atoms with Gasteiger partial charge in [0.2, 0.25) is 5.91 Å². The summed E-state index contributed by atoms with van der Waals surface area (Å²) in [6, 6.07) is 14.7. The zero-order valence-corrected chi connectivity index (χ0v) is 16.2. The summed E-state index contributed by atoms with van der Waals surface area (Å²) >= 11 is 0. The third kappa shape index (κ3) is 4.64. The molecule has 1 aliphatic rings. The van der Waals surface area contributed by atoms with Crippen LogP contribution in [0.15, 0.2) is 64.6 Å². The highest BCUT2D eigenvalue weighted by Crippen LogP contribution is 2.17. The first-order chi connectivity index (χ1) is 13.4. The largest absolute Gasteiger partial charge is 0.352 e. The molecule has 0 aliphatic carbocycles. The van der Waals surface area contributed by atoms with E-state index >= 15 is 0 Å². The second-order valence-corrected chi connectivity index (χ2v) is 8.59. The summed E-state index contributed by atoms with van der Waals surface area (Å²) in [7, 11) is -3.43. The molecule has 0 aromatic heterocycles. The fraction of sp³-hybridized carbons (Fsp3) is 0.250. The van der Waals surface area contributed by atoms with Crippen LogP contribution in [0.25, 0.3) is 0 Å². The van der Waals surface area contributed by atoms with Crippen molar-refractivity contribution in [2.24, 2.45) is 11.0 Å². The van der Waals surface area contributed by atoms with E-state index in [4.69, 9.17) is 0 Å². The van der Waals surface area contributed by atoms with Gasteiger partial charge in [0, 0.05) is 17.8 Å². The number of benzene rings is 2. The predicted octanol–water partition coefficient (Wildman–Crippen LogP) is 1.90. The molecule has 7 nitrogen and oxygen atoms in total. The number of rotatable bonds is 7. The highest BCUT2D eigenvalue weighted by molar-refractivity contribution is 7.90. The molecule has 0 radical (unpaired) electrons. The van der Waals surface area contributed by atoms with E-state index in [1.807, 2.05) is 0 Å². The van der Waals surface area contributed by atoms with Crippen LogP contribution in [0.3, 0.4) is 0 Å². The van der Waals surface area contributed by atoms with Gasteiger partial charge in [0.25, 0.3) is 5.91 Å².